The van der Waals surface area contributed by atoms with Gasteiger partial charge in [-0.25, -0.2) is 9.37 Å². The lowest BCUT2D eigenvalue weighted by molar-refractivity contribution is 0.0984. The molecule has 2 aromatic rings. The van der Waals surface area contributed by atoms with Crippen molar-refractivity contribution in [3.05, 3.63) is 46.2 Å². The number of nitrogens with zero attached hydrogens (tertiary/aromatic N) is 2. The molecular formula is C13H13FN2OS. The van der Waals surface area contributed by atoms with Crippen LogP contribution in [-0.4, -0.2) is 17.4 Å². The van der Waals surface area contributed by atoms with Crippen LogP contribution in [0.4, 0.5) is 10.1 Å². The summed E-state index contributed by atoms with van der Waals surface area (Å²) in [5.41, 5.74) is 0.955. The number of amides is 1. The minimum Gasteiger partial charge on any atom is -0.307 e. The summed E-state index contributed by atoms with van der Waals surface area (Å²) in [5.74, 6) is -0.555. The molecule has 0 spiro atoms. The van der Waals surface area contributed by atoms with E-state index in [0.717, 1.165) is 5.01 Å². The predicted octanol–water partition coefficient (Wildman–Crippen LogP) is 3.26. The largest absolute Gasteiger partial charge is 0.307 e. The molecule has 18 heavy (non-hydrogen) atoms. The number of carbonyl (C=O) groups excluding carboxylic acids is 1. The zero-order valence-corrected chi connectivity index (χ0v) is 11.0. The lowest BCUT2D eigenvalue weighted by atomic mass is 10.2. The van der Waals surface area contributed by atoms with Crippen LogP contribution in [0.2, 0.25) is 0 Å². The highest BCUT2D eigenvalue weighted by atomic mass is 32.1. The van der Waals surface area contributed by atoms with E-state index in [2.05, 4.69) is 4.98 Å². The van der Waals surface area contributed by atoms with Crippen molar-refractivity contribution in [1.82, 2.24) is 4.98 Å². The lowest BCUT2D eigenvalue weighted by Crippen LogP contribution is -2.30. The fourth-order valence-electron chi connectivity index (χ4n) is 1.69. The van der Waals surface area contributed by atoms with Gasteiger partial charge in [-0.1, -0.05) is 6.07 Å². The van der Waals surface area contributed by atoms with E-state index in [1.807, 2.05) is 13.8 Å². The highest BCUT2D eigenvalue weighted by Crippen LogP contribution is 2.19. The van der Waals surface area contributed by atoms with Gasteiger partial charge in [-0.05, 0) is 32.0 Å². The van der Waals surface area contributed by atoms with E-state index < -0.39 is 0 Å². The molecule has 94 valence electrons. The number of hydrogen-bond acceptors (Lipinski definition) is 3. The zero-order chi connectivity index (χ0) is 13.1. The van der Waals surface area contributed by atoms with E-state index in [-0.39, 0.29) is 11.7 Å². The molecule has 1 aromatic carbocycles. The summed E-state index contributed by atoms with van der Waals surface area (Å²) in [6, 6.07) is 6.01. The van der Waals surface area contributed by atoms with Crippen LogP contribution in [0.3, 0.4) is 0 Å². The van der Waals surface area contributed by atoms with Crippen molar-refractivity contribution in [3.63, 3.8) is 0 Å². The summed E-state index contributed by atoms with van der Waals surface area (Å²) in [4.78, 5) is 17.9. The third-order valence-electron chi connectivity index (χ3n) is 2.52. The molecule has 0 aliphatic carbocycles. The number of hydrogen-bond donors (Lipinski definition) is 0. The van der Waals surface area contributed by atoms with Crippen LogP contribution in [0.25, 0.3) is 0 Å². The van der Waals surface area contributed by atoms with Crippen molar-refractivity contribution in [1.29, 1.82) is 0 Å². The predicted molar refractivity (Wildman–Crippen MR) is 70.6 cm³/mol. The van der Waals surface area contributed by atoms with Crippen LogP contribution in [0.15, 0.2) is 29.6 Å². The number of aromatic nitrogens is 1. The van der Waals surface area contributed by atoms with Crippen LogP contribution in [0, 0.1) is 12.7 Å². The number of carbonyl (C=O) groups is 1. The van der Waals surface area contributed by atoms with Crippen LogP contribution >= 0.6 is 11.3 Å². The number of thiazole rings is 1. The first-order valence-corrected chi connectivity index (χ1v) is 6.49. The van der Waals surface area contributed by atoms with Gasteiger partial charge in [0.15, 0.2) is 0 Å². The molecular weight excluding hydrogens is 251 g/mol. The van der Waals surface area contributed by atoms with Crippen molar-refractivity contribution in [3.8, 4) is 0 Å². The Hall–Kier alpha value is -1.75. The molecule has 0 aliphatic rings. The maximum atomic E-state index is 13.2. The normalized spacial score (nSPS) is 10.4. The van der Waals surface area contributed by atoms with Gasteiger partial charge < -0.3 is 4.90 Å². The first kappa shape index (κ1) is 12.7. The van der Waals surface area contributed by atoms with Gasteiger partial charge >= 0.3 is 0 Å². The minimum absolute atomic E-state index is 0.201. The smallest absolute Gasteiger partial charge is 0.277 e. The minimum atomic E-state index is -0.354. The Morgan fingerprint density at radius 3 is 2.83 bits per heavy atom. The van der Waals surface area contributed by atoms with Gasteiger partial charge in [-0.2, -0.15) is 0 Å². The van der Waals surface area contributed by atoms with E-state index in [1.165, 1.54) is 28.4 Å². The fourth-order valence-corrected chi connectivity index (χ4v) is 2.27. The monoisotopic (exact) mass is 264 g/mol. The molecule has 5 heteroatoms. The van der Waals surface area contributed by atoms with Crippen molar-refractivity contribution in [2.24, 2.45) is 0 Å². The quantitative estimate of drug-likeness (QED) is 0.852. The Bertz CT molecular complexity index is 568. The number of rotatable bonds is 3. The van der Waals surface area contributed by atoms with Gasteiger partial charge in [0.05, 0.1) is 5.01 Å². The Morgan fingerprint density at radius 2 is 2.28 bits per heavy atom. The molecule has 1 amide bonds. The van der Waals surface area contributed by atoms with E-state index >= 15 is 0 Å². The Labute approximate surface area is 109 Å². The van der Waals surface area contributed by atoms with Crippen molar-refractivity contribution >= 4 is 22.9 Å². The molecule has 1 heterocycles. The molecule has 0 fully saturated rings. The van der Waals surface area contributed by atoms with E-state index in [1.54, 1.807) is 17.5 Å². The molecule has 2 rings (SSSR count). The number of aryl methyl sites for hydroxylation is 1. The average molecular weight is 264 g/mol. The van der Waals surface area contributed by atoms with E-state index in [0.29, 0.717) is 17.9 Å². The fraction of sp³-hybridized carbons (Fsp3) is 0.231. The topological polar surface area (TPSA) is 33.2 Å². The Balaban J connectivity index is 2.31. The number of anilines is 1. The Morgan fingerprint density at radius 1 is 1.50 bits per heavy atom. The molecule has 0 aliphatic heterocycles. The highest BCUT2D eigenvalue weighted by Gasteiger charge is 2.18. The van der Waals surface area contributed by atoms with E-state index in [4.69, 9.17) is 0 Å². The van der Waals surface area contributed by atoms with Crippen LogP contribution in [0.5, 0.6) is 0 Å². The van der Waals surface area contributed by atoms with Crippen LogP contribution < -0.4 is 4.90 Å². The van der Waals surface area contributed by atoms with Gasteiger partial charge in [-0.15, -0.1) is 11.3 Å². The lowest BCUT2D eigenvalue weighted by Gasteiger charge is -2.19. The summed E-state index contributed by atoms with van der Waals surface area (Å²) < 4.78 is 13.2. The molecule has 0 unspecified atom stereocenters. The maximum absolute atomic E-state index is 13.2. The molecule has 3 nitrogen and oxygen atoms in total. The summed E-state index contributed by atoms with van der Waals surface area (Å²) in [6.07, 6.45) is 0. The second kappa shape index (κ2) is 5.27. The summed E-state index contributed by atoms with van der Waals surface area (Å²) in [6.45, 7) is 4.17. The van der Waals surface area contributed by atoms with Gasteiger partial charge in [-0.3, -0.25) is 4.79 Å². The van der Waals surface area contributed by atoms with Crippen molar-refractivity contribution in [2.75, 3.05) is 11.4 Å². The van der Waals surface area contributed by atoms with Gasteiger partial charge in [0.1, 0.15) is 11.5 Å². The van der Waals surface area contributed by atoms with Gasteiger partial charge in [0.25, 0.3) is 5.91 Å². The van der Waals surface area contributed by atoms with Crippen molar-refractivity contribution in [2.45, 2.75) is 13.8 Å². The molecule has 0 atom stereocenters. The second-order valence-electron chi connectivity index (χ2n) is 3.78. The first-order chi connectivity index (χ1) is 8.61. The maximum Gasteiger partial charge on any atom is 0.277 e. The average Bonchev–Trinajstić information content (AvgIpc) is 2.77. The molecule has 0 bridgehead atoms. The molecule has 0 N–H and O–H groups in total. The van der Waals surface area contributed by atoms with E-state index in [9.17, 15) is 9.18 Å². The van der Waals surface area contributed by atoms with Gasteiger partial charge in [0.2, 0.25) is 0 Å². The molecule has 0 radical (unpaired) electrons. The Kier molecular flexibility index (Phi) is 3.72. The standard InChI is InChI=1S/C13H13FN2OS/c1-3-16(11-6-4-5-10(14)7-11)13(17)12-8-18-9(2)15-12/h4-8H,3H2,1-2H3. The molecule has 0 saturated heterocycles. The summed E-state index contributed by atoms with van der Waals surface area (Å²) in [7, 11) is 0. The number of benzene rings is 1. The second-order valence-corrected chi connectivity index (χ2v) is 4.84. The zero-order valence-electron chi connectivity index (χ0n) is 10.2. The number of halogens is 1. The third-order valence-corrected chi connectivity index (χ3v) is 3.29. The first-order valence-electron chi connectivity index (χ1n) is 5.61. The van der Waals surface area contributed by atoms with Crippen LogP contribution in [-0.2, 0) is 0 Å². The highest BCUT2D eigenvalue weighted by molar-refractivity contribution is 7.09. The SMILES string of the molecule is CCN(C(=O)c1csc(C)n1)c1cccc(F)c1. The molecule has 0 saturated carbocycles. The molecule has 1 aromatic heterocycles. The van der Waals surface area contributed by atoms with Crippen molar-refractivity contribution < 1.29 is 9.18 Å². The van der Waals surface area contributed by atoms with Gasteiger partial charge in [0, 0.05) is 17.6 Å². The summed E-state index contributed by atoms with van der Waals surface area (Å²) in [5, 5.41) is 2.56. The summed E-state index contributed by atoms with van der Waals surface area (Å²) >= 11 is 1.43. The van der Waals surface area contributed by atoms with Crippen LogP contribution in [0.1, 0.15) is 22.4 Å². The third kappa shape index (κ3) is 2.56.